The number of carbonyl (C=O) groups is 1. The summed E-state index contributed by atoms with van der Waals surface area (Å²) >= 11 is 0. The molecule has 2 N–H and O–H groups in total. The van der Waals surface area contributed by atoms with Gasteiger partial charge in [0.2, 0.25) is 5.91 Å². The lowest BCUT2D eigenvalue weighted by atomic mass is 9.91. The summed E-state index contributed by atoms with van der Waals surface area (Å²) in [7, 11) is 0. The van der Waals surface area contributed by atoms with Crippen molar-refractivity contribution in [3.63, 3.8) is 0 Å². The standard InChI is InChI=1S/C16H24N4O2/c17-15(13-4-11-22-12-5-13)16(21)20-9-7-19(8-10-20)14-3-1-2-6-18-14/h1-3,6,13,15H,4-5,7-12,17H2. The van der Waals surface area contributed by atoms with Gasteiger partial charge in [-0.3, -0.25) is 4.79 Å². The highest BCUT2D eigenvalue weighted by Gasteiger charge is 2.31. The fraction of sp³-hybridized carbons (Fsp3) is 0.625. The summed E-state index contributed by atoms with van der Waals surface area (Å²) in [6, 6.07) is 5.52. The number of pyridine rings is 1. The molecular weight excluding hydrogens is 280 g/mol. The Morgan fingerprint density at radius 1 is 1.23 bits per heavy atom. The molecule has 0 saturated carbocycles. The van der Waals surface area contributed by atoms with Crippen LogP contribution >= 0.6 is 0 Å². The van der Waals surface area contributed by atoms with Crippen molar-refractivity contribution in [3.8, 4) is 0 Å². The van der Waals surface area contributed by atoms with Crippen LogP contribution in [-0.2, 0) is 9.53 Å². The summed E-state index contributed by atoms with van der Waals surface area (Å²) in [4.78, 5) is 21.0. The van der Waals surface area contributed by atoms with E-state index in [0.29, 0.717) is 13.1 Å². The van der Waals surface area contributed by atoms with Gasteiger partial charge in [0.25, 0.3) is 0 Å². The second kappa shape index (κ2) is 7.07. The number of hydrogen-bond acceptors (Lipinski definition) is 5. The van der Waals surface area contributed by atoms with E-state index in [1.54, 1.807) is 6.20 Å². The van der Waals surface area contributed by atoms with E-state index in [0.717, 1.165) is 45.0 Å². The van der Waals surface area contributed by atoms with Crippen LogP contribution in [0.5, 0.6) is 0 Å². The number of hydrogen-bond donors (Lipinski definition) is 1. The fourth-order valence-corrected chi connectivity index (χ4v) is 3.18. The molecule has 1 aromatic heterocycles. The largest absolute Gasteiger partial charge is 0.381 e. The van der Waals surface area contributed by atoms with E-state index < -0.39 is 0 Å². The van der Waals surface area contributed by atoms with Crippen LogP contribution in [0.4, 0.5) is 5.82 Å². The third kappa shape index (κ3) is 3.39. The van der Waals surface area contributed by atoms with E-state index in [-0.39, 0.29) is 17.9 Å². The Bertz CT molecular complexity index is 482. The number of nitrogens with two attached hydrogens (primary N) is 1. The second-order valence-electron chi connectivity index (χ2n) is 5.98. The predicted octanol–water partition coefficient (Wildman–Crippen LogP) is 0.484. The number of amides is 1. The maximum absolute atomic E-state index is 12.6. The molecule has 2 aliphatic heterocycles. The molecule has 0 aromatic carbocycles. The summed E-state index contributed by atoms with van der Waals surface area (Å²) in [5, 5.41) is 0. The molecule has 1 amide bonds. The van der Waals surface area contributed by atoms with Crippen molar-refractivity contribution in [2.75, 3.05) is 44.3 Å². The van der Waals surface area contributed by atoms with Crippen molar-refractivity contribution >= 4 is 11.7 Å². The molecule has 6 heteroatoms. The van der Waals surface area contributed by atoms with E-state index in [9.17, 15) is 4.79 Å². The number of nitrogens with zero attached hydrogens (tertiary/aromatic N) is 3. The average Bonchev–Trinajstić information content (AvgIpc) is 2.62. The summed E-state index contributed by atoms with van der Waals surface area (Å²) < 4.78 is 5.34. The third-order valence-electron chi connectivity index (χ3n) is 4.62. The highest BCUT2D eigenvalue weighted by molar-refractivity contribution is 5.82. The number of piperazine rings is 1. The number of aromatic nitrogens is 1. The highest BCUT2D eigenvalue weighted by Crippen LogP contribution is 2.20. The lowest BCUT2D eigenvalue weighted by Gasteiger charge is -2.38. The molecule has 0 bridgehead atoms. The van der Waals surface area contributed by atoms with Gasteiger partial charge in [-0.05, 0) is 30.9 Å². The first-order valence-electron chi connectivity index (χ1n) is 8.04. The number of carbonyl (C=O) groups excluding carboxylic acids is 1. The van der Waals surface area contributed by atoms with Gasteiger partial charge in [0, 0.05) is 45.6 Å². The van der Waals surface area contributed by atoms with Crippen LogP contribution in [0.3, 0.4) is 0 Å². The van der Waals surface area contributed by atoms with Crippen molar-refractivity contribution in [3.05, 3.63) is 24.4 Å². The summed E-state index contributed by atoms with van der Waals surface area (Å²) in [5.74, 6) is 1.32. The first-order chi connectivity index (χ1) is 10.8. The van der Waals surface area contributed by atoms with Gasteiger partial charge in [0.05, 0.1) is 6.04 Å². The molecule has 1 atom stereocenters. The van der Waals surface area contributed by atoms with Gasteiger partial charge in [-0.1, -0.05) is 6.07 Å². The first-order valence-corrected chi connectivity index (χ1v) is 8.04. The van der Waals surface area contributed by atoms with Crippen LogP contribution in [0.25, 0.3) is 0 Å². The molecule has 3 heterocycles. The van der Waals surface area contributed by atoms with Gasteiger partial charge >= 0.3 is 0 Å². The predicted molar refractivity (Wildman–Crippen MR) is 84.5 cm³/mol. The van der Waals surface area contributed by atoms with Gasteiger partial charge in [-0.2, -0.15) is 0 Å². The quantitative estimate of drug-likeness (QED) is 0.879. The van der Waals surface area contributed by atoms with Gasteiger partial charge in [-0.25, -0.2) is 4.98 Å². The Hall–Kier alpha value is -1.66. The topological polar surface area (TPSA) is 71.7 Å². The van der Waals surface area contributed by atoms with E-state index in [2.05, 4.69) is 9.88 Å². The van der Waals surface area contributed by atoms with Crippen molar-refractivity contribution in [2.24, 2.45) is 11.7 Å². The SMILES string of the molecule is NC(C(=O)N1CCN(c2ccccn2)CC1)C1CCOCC1. The molecular formula is C16H24N4O2. The van der Waals surface area contributed by atoms with Crippen molar-refractivity contribution in [1.82, 2.24) is 9.88 Å². The monoisotopic (exact) mass is 304 g/mol. The molecule has 0 aliphatic carbocycles. The molecule has 2 saturated heterocycles. The molecule has 1 unspecified atom stereocenters. The van der Waals surface area contributed by atoms with E-state index in [1.807, 2.05) is 23.1 Å². The smallest absolute Gasteiger partial charge is 0.239 e. The van der Waals surface area contributed by atoms with Gasteiger partial charge in [0.1, 0.15) is 5.82 Å². The molecule has 2 fully saturated rings. The summed E-state index contributed by atoms with van der Waals surface area (Å²) in [5.41, 5.74) is 6.20. The van der Waals surface area contributed by atoms with Crippen molar-refractivity contribution in [2.45, 2.75) is 18.9 Å². The van der Waals surface area contributed by atoms with E-state index in [4.69, 9.17) is 10.5 Å². The Morgan fingerprint density at radius 3 is 2.59 bits per heavy atom. The Labute approximate surface area is 131 Å². The van der Waals surface area contributed by atoms with Gasteiger partial charge in [-0.15, -0.1) is 0 Å². The first kappa shape index (κ1) is 15.2. The van der Waals surface area contributed by atoms with Crippen LogP contribution in [0, 0.1) is 5.92 Å². The zero-order chi connectivity index (χ0) is 15.4. The summed E-state index contributed by atoms with van der Waals surface area (Å²) in [6.07, 6.45) is 3.58. The molecule has 3 rings (SSSR count). The molecule has 1 aromatic rings. The van der Waals surface area contributed by atoms with Crippen molar-refractivity contribution < 1.29 is 9.53 Å². The maximum atomic E-state index is 12.6. The highest BCUT2D eigenvalue weighted by atomic mass is 16.5. The Morgan fingerprint density at radius 2 is 1.95 bits per heavy atom. The zero-order valence-electron chi connectivity index (χ0n) is 12.9. The van der Waals surface area contributed by atoms with E-state index >= 15 is 0 Å². The van der Waals surface area contributed by atoms with Gasteiger partial charge < -0.3 is 20.3 Å². The molecule has 120 valence electrons. The molecule has 22 heavy (non-hydrogen) atoms. The fourth-order valence-electron chi connectivity index (χ4n) is 3.18. The zero-order valence-corrected chi connectivity index (χ0v) is 12.9. The van der Waals surface area contributed by atoms with Crippen molar-refractivity contribution in [1.29, 1.82) is 0 Å². The minimum absolute atomic E-state index is 0.0903. The van der Waals surface area contributed by atoms with Crippen LogP contribution < -0.4 is 10.6 Å². The normalized spacial score (nSPS) is 21.7. The lowest BCUT2D eigenvalue weighted by Crippen LogP contribution is -2.55. The Kier molecular flexibility index (Phi) is 4.90. The molecule has 2 aliphatic rings. The van der Waals surface area contributed by atoms with Crippen LogP contribution in [0.1, 0.15) is 12.8 Å². The second-order valence-corrected chi connectivity index (χ2v) is 5.98. The van der Waals surface area contributed by atoms with Crippen LogP contribution in [-0.4, -0.2) is 61.2 Å². The number of ether oxygens (including phenoxy) is 1. The summed E-state index contributed by atoms with van der Waals surface area (Å²) in [6.45, 7) is 4.49. The molecule has 0 spiro atoms. The maximum Gasteiger partial charge on any atom is 0.239 e. The van der Waals surface area contributed by atoms with Gasteiger partial charge in [0.15, 0.2) is 0 Å². The van der Waals surface area contributed by atoms with Crippen LogP contribution in [0.15, 0.2) is 24.4 Å². The average molecular weight is 304 g/mol. The molecule has 0 radical (unpaired) electrons. The van der Waals surface area contributed by atoms with E-state index in [1.165, 1.54) is 0 Å². The number of anilines is 1. The number of rotatable bonds is 3. The Balaban J connectivity index is 1.53. The molecule has 6 nitrogen and oxygen atoms in total. The minimum Gasteiger partial charge on any atom is -0.381 e. The van der Waals surface area contributed by atoms with Crippen LogP contribution in [0.2, 0.25) is 0 Å². The lowest BCUT2D eigenvalue weighted by molar-refractivity contribution is -0.135. The third-order valence-corrected chi connectivity index (χ3v) is 4.62. The minimum atomic E-state index is -0.384.